The molecule has 0 aliphatic carbocycles. The summed E-state index contributed by atoms with van der Waals surface area (Å²) in [5, 5.41) is 5.56. The van der Waals surface area contributed by atoms with Crippen LogP contribution in [-0.2, 0) is 16.0 Å². The summed E-state index contributed by atoms with van der Waals surface area (Å²) in [6, 6.07) is 18.7. The number of nitrogens with one attached hydrogen (secondary N) is 2. The minimum atomic E-state index is -0.801. The Hall–Kier alpha value is -3.87. The van der Waals surface area contributed by atoms with Gasteiger partial charge in [0.25, 0.3) is 5.91 Å². The zero-order valence-electron chi connectivity index (χ0n) is 16.8. The van der Waals surface area contributed by atoms with E-state index in [1.807, 2.05) is 30.3 Å². The predicted octanol–water partition coefficient (Wildman–Crippen LogP) is 3.24. The van der Waals surface area contributed by atoms with Crippen molar-refractivity contribution >= 4 is 29.1 Å². The first-order valence-electron chi connectivity index (χ1n) is 9.47. The summed E-state index contributed by atoms with van der Waals surface area (Å²) in [6.07, 6.45) is 1.73. The van der Waals surface area contributed by atoms with Crippen molar-refractivity contribution < 1.29 is 18.8 Å². The maximum absolute atomic E-state index is 12.9. The van der Waals surface area contributed by atoms with Crippen molar-refractivity contribution in [1.29, 1.82) is 0 Å². The zero-order valence-corrected chi connectivity index (χ0v) is 16.8. The molecule has 0 saturated carbocycles. The first-order chi connectivity index (χ1) is 14.4. The lowest BCUT2D eigenvalue weighted by atomic mass is 10.0. The second kappa shape index (κ2) is 9.56. The molecule has 3 rings (SSSR count). The van der Waals surface area contributed by atoms with Crippen LogP contribution in [0.4, 0.5) is 11.4 Å². The Morgan fingerprint density at radius 2 is 1.67 bits per heavy atom. The summed E-state index contributed by atoms with van der Waals surface area (Å²) in [5.74, 6) is -0.770. The maximum Gasteiger partial charge on any atom is 0.287 e. The number of rotatable bonds is 7. The molecule has 7 heteroatoms. The largest absolute Gasteiger partial charge is 0.459 e. The van der Waals surface area contributed by atoms with E-state index in [1.165, 1.54) is 24.2 Å². The van der Waals surface area contributed by atoms with E-state index in [1.54, 1.807) is 37.4 Å². The predicted molar refractivity (Wildman–Crippen MR) is 114 cm³/mol. The monoisotopic (exact) mass is 405 g/mol. The van der Waals surface area contributed by atoms with Gasteiger partial charge in [0.15, 0.2) is 5.76 Å². The number of benzene rings is 2. The quantitative estimate of drug-likeness (QED) is 0.631. The molecule has 0 spiro atoms. The molecule has 3 amide bonds. The van der Waals surface area contributed by atoms with E-state index < -0.39 is 11.9 Å². The minimum absolute atomic E-state index is 0.0876. The van der Waals surface area contributed by atoms with Crippen LogP contribution >= 0.6 is 0 Å². The molecule has 30 heavy (non-hydrogen) atoms. The average Bonchev–Trinajstić information content (AvgIpc) is 3.29. The van der Waals surface area contributed by atoms with Crippen LogP contribution in [-0.4, -0.2) is 30.8 Å². The van der Waals surface area contributed by atoms with Crippen LogP contribution in [0.3, 0.4) is 0 Å². The van der Waals surface area contributed by atoms with Gasteiger partial charge >= 0.3 is 0 Å². The highest BCUT2D eigenvalue weighted by Crippen LogP contribution is 2.17. The minimum Gasteiger partial charge on any atom is -0.459 e. The standard InChI is InChI=1S/C23H23N3O4/c1-16(27)26(2)19-12-10-18(11-13-19)24-22(28)20(15-17-7-4-3-5-8-17)25-23(29)21-9-6-14-30-21/h3-14,20H,15H2,1-2H3,(H,24,28)(H,25,29). The van der Waals surface area contributed by atoms with Crippen LogP contribution in [0.2, 0.25) is 0 Å². The van der Waals surface area contributed by atoms with Crippen LogP contribution in [0.25, 0.3) is 0 Å². The van der Waals surface area contributed by atoms with E-state index in [-0.39, 0.29) is 17.6 Å². The molecule has 0 bridgehead atoms. The Morgan fingerprint density at radius 3 is 2.27 bits per heavy atom. The Morgan fingerprint density at radius 1 is 0.967 bits per heavy atom. The Balaban J connectivity index is 1.74. The van der Waals surface area contributed by atoms with Crippen molar-refractivity contribution in [2.24, 2.45) is 0 Å². The summed E-state index contributed by atoms with van der Waals surface area (Å²) < 4.78 is 5.12. The van der Waals surface area contributed by atoms with Gasteiger partial charge in [-0.1, -0.05) is 30.3 Å². The lowest BCUT2D eigenvalue weighted by Crippen LogP contribution is -2.45. The summed E-state index contributed by atoms with van der Waals surface area (Å²) in [7, 11) is 1.68. The number of nitrogens with zero attached hydrogens (tertiary/aromatic N) is 1. The number of carbonyl (C=O) groups is 3. The molecule has 1 unspecified atom stereocenters. The molecule has 1 aromatic heterocycles. The Kier molecular flexibility index (Phi) is 6.64. The second-order valence-corrected chi connectivity index (χ2v) is 6.81. The topological polar surface area (TPSA) is 91.7 Å². The molecule has 2 N–H and O–H groups in total. The maximum atomic E-state index is 12.9. The molecule has 2 aromatic carbocycles. The van der Waals surface area contributed by atoms with Crippen LogP contribution in [0.15, 0.2) is 77.4 Å². The van der Waals surface area contributed by atoms with Crippen molar-refractivity contribution in [3.63, 3.8) is 0 Å². The molecule has 154 valence electrons. The third kappa shape index (κ3) is 5.35. The number of amides is 3. The van der Waals surface area contributed by atoms with Crippen molar-refractivity contribution in [3.8, 4) is 0 Å². The van der Waals surface area contributed by atoms with Crippen molar-refractivity contribution in [2.75, 3.05) is 17.3 Å². The molecule has 3 aromatic rings. The molecule has 0 aliphatic rings. The smallest absolute Gasteiger partial charge is 0.287 e. The number of carbonyl (C=O) groups excluding carboxylic acids is 3. The van der Waals surface area contributed by atoms with Gasteiger partial charge in [-0.25, -0.2) is 0 Å². The fraction of sp³-hybridized carbons (Fsp3) is 0.174. The second-order valence-electron chi connectivity index (χ2n) is 6.81. The average molecular weight is 405 g/mol. The molecule has 1 atom stereocenters. The fourth-order valence-corrected chi connectivity index (χ4v) is 2.88. The van der Waals surface area contributed by atoms with Crippen molar-refractivity contribution in [3.05, 3.63) is 84.3 Å². The van der Waals surface area contributed by atoms with Crippen LogP contribution in [0, 0.1) is 0 Å². The van der Waals surface area contributed by atoms with E-state index in [9.17, 15) is 14.4 Å². The Labute approximate surface area is 174 Å². The van der Waals surface area contributed by atoms with Crippen LogP contribution in [0.1, 0.15) is 23.0 Å². The highest BCUT2D eigenvalue weighted by atomic mass is 16.3. The van der Waals surface area contributed by atoms with E-state index >= 15 is 0 Å². The van der Waals surface area contributed by atoms with Gasteiger partial charge in [-0.3, -0.25) is 14.4 Å². The lowest BCUT2D eigenvalue weighted by molar-refractivity contribution is -0.118. The number of hydrogen-bond acceptors (Lipinski definition) is 4. The van der Waals surface area contributed by atoms with Crippen LogP contribution in [0.5, 0.6) is 0 Å². The summed E-state index contributed by atoms with van der Waals surface area (Å²) in [5.41, 5.74) is 2.19. The highest BCUT2D eigenvalue weighted by molar-refractivity contribution is 6.00. The van der Waals surface area contributed by atoms with Gasteiger partial charge < -0.3 is 20.0 Å². The molecular weight excluding hydrogens is 382 g/mol. The fourth-order valence-electron chi connectivity index (χ4n) is 2.88. The zero-order chi connectivity index (χ0) is 21.5. The molecule has 1 heterocycles. The van der Waals surface area contributed by atoms with Gasteiger partial charge in [-0.05, 0) is 42.0 Å². The molecular formula is C23H23N3O4. The molecule has 0 aliphatic heterocycles. The van der Waals surface area contributed by atoms with Crippen molar-refractivity contribution in [1.82, 2.24) is 5.32 Å². The first kappa shape index (κ1) is 20.9. The Bertz CT molecular complexity index is 999. The van der Waals surface area contributed by atoms with E-state index in [4.69, 9.17) is 4.42 Å². The molecule has 0 radical (unpaired) electrons. The van der Waals surface area contributed by atoms with Gasteiger partial charge in [-0.15, -0.1) is 0 Å². The number of anilines is 2. The van der Waals surface area contributed by atoms with E-state index in [0.29, 0.717) is 17.8 Å². The number of hydrogen-bond donors (Lipinski definition) is 2. The third-order valence-electron chi connectivity index (χ3n) is 4.64. The van der Waals surface area contributed by atoms with Gasteiger partial charge in [-0.2, -0.15) is 0 Å². The van der Waals surface area contributed by atoms with Gasteiger partial charge in [0.2, 0.25) is 11.8 Å². The normalized spacial score (nSPS) is 11.4. The van der Waals surface area contributed by atoms with Crippen molar-refractivity contribution in [2.45, 2.75) is 19.4 Å². The van der Waals surface area contributed by atoms with Gasteiger partial charge in [0, 0.05) is 31.8 Å². The van der Waals surface area contributed by atoms with Crippen LogP contribution < -0.4 is 15.5 Å². The summed E-state index contributed by atoms with van der Waals surface area (Å²) >= 11 is 0. The van der Waals surface area contributed by atoms with Gasteiger partial charge in [0.05, 0.1) is 6.26 Å². The highest BCUT2D eigenvalue weighted by Gasteiger charge is 2.23. The van der Waals surface area contributed by atoms with E-state index in [2.05, 4.69) is 10.6 Å². The SMILES string of the molecule is CC(=O)N(C)c1ccc(NC(=O)C(Cc2ccccc2)NC(=O)c2ccco2)cc1. The summed E-state index contributed by atoms with van der Waals surface area (Å²) in [6.45, 7) is 1.48. The molecule has 0 saturated heterocycles. The summed E-state index contributed by atoms with van der Waals surface area (Å²) in [4.78, 5) is 38.3. The number of furan rings is 1. The molecule has 7 nitrogen and oxygen atoms in total. The first-order valence-corrected chi connectivity index (χ1v) is 9.47. The van der Waals surface area contributed by atoms with Gasteiger partial charge in [0.1, 0.15) is 6.04 Å². The van der Waals surface area contributed by atoms with E-state index in [0.717, 1.165) is 5.56 Å². The third-order valence-corrected chi connectivity index (χ3v) is 4.64. The molecule has 0 fully saturated rings. The lowest BCUT2D eigenvalue weighted by Gasteiger charge is -2.19.